The third-order valence-electron chi connectivity index (χ3n) is 3.45. The van der Waals surface area contributed by atoms with Crippen molar-refractivity contribution in [1.82, 2.24) is 4.98 Å². The molecule has 0 spiro atoms. The number of ether oxygens (including phenoxy) is 2. The van der Waals surface area contributed by atoms with Crippen LogP contribution >= 0.6 is 0 Å². The van der Waals surface area contributed by atoms with Crippen LogP contribution in [0, 0.1) is 0 Å². The van der Waals surface area contributed by atoms with Crippen LogP contribution in [0.25, 0.3) is 0 Å². The summed E-state index contributed by atoms with van der Waals surface area (Å²) in [4.78, 5) is 28.1. The molecule has 0 radical (unpaired) electrons. The maximum Gasteiger partial charge on any atom is 0.163 e. The summed E-state index contributed by atoms with van der Waals surface area (Å²) in [7, 11) is 0. The molecule has 0 amide bonds. The summed E-state index contributed by atoms with van der Waals surface area (Å²) in [6, 6.07) is 8.40. The SMILES string of the molecule is O=C(CCC(=O)c1ccc2c(c1)OCCO2)c1ccncc1. The second-order valence-electron chi connectivity index (χ2n) is 4.94. The minimum absolute atomic E-state index is 0.0618. The summed E-state index contributed by atoms with van der Waals surface area (Å²) in [5.41, 5.74) is 1.11. The quantitative estimate of drug-likeness (QED) is 0.794. The van der Waals surface area contributed by atoms with Gasteiger partial charge >= 0.3 is 0 Å². The van der Waals surface area contributed by atoms with E-state index in [-0.39, 0.29) is 24.4 Å². The highest BCUT2D eigenvalue weighted by Gasteiger charge is 2.16. The fraction of sp³-hybridized carbons (Fsp3) is 0.235. The molecular formula is C17H15NO4. The van der Waals surface area contributed by atoms with Crippen LogP contribution in [0.15, 0.2) is 42.7 Å². The second-order valence-corrected chi connectivity index (χ2v) is 4.94. The van der Waals surface area contributed by atoms with Gasteiger partial charge in [0.05, 0.1) is 0 Å². The molecular weight excluding hydrogens is 282 g/mol. The topological polar surface area (TPSA) is 65.5 Å². The number of hydrogen-bond donors (Lipinski definition) is 0. The number of carbonyl (C=O) groups is 2. The zero-order chi connectivity index (χ0) is 15.4. The van der Waals surface area contributed by atoms with E-state index < -0.39 is 0 Å². The Kier molecular flexibility index (Phi) is 4.14. The van der Waals surface area contributed by atoms with Crippen molar-refractivity contribution in [3.63, 3.8) is 0 Å². The molecule has 0 fully saturated rings. The predicted molar refractivity (Wildman–Crippen MR) is 79.6 cm³/mol. The number of benzene rings is 1. The molecule has 1 aliphatic rings. The average Bonchev–Trinajstić information content (AvgIpc) is 2.59. The van der Waals surface area contributed by atoms with Gasteiger partial charge in [-0.05, 0) is 30.3 Å². The van der Waals surface area contributed by atoms with E-state index in [1.165, 1.54) is 0 Å². The fourth-order valence-electron chi connectivity index (χ4n) is 2.27. The molecule has 0 N–H and O–H groups in total. The maximum absolute atomic E-state index is 12.2. The van der Waals surface area contributed by atoms with Crippen molar-refractivity contribution < 1.29 is 19.1 Å². The lowest BCUT2D eigenvalue weighted by Crippen LogP contribution is -2.16. The van der Waals surface area contributed by atoms with Crippen LogP contribution in [-0.2, 0) is 0 Å². The van der Waals surface area contributed by atoms with Gasteiger partial charge in [-0.25, -0.2) is 0 Å². The number of nitrogens with zero attached hydrogens (tertiary/aromatic N) is 1. The Labute approximate surface area is 127 Å². The molecule has 0 aliphatic carbocycles. The number of ketones is 2. The lowest BCUT2D eigenvalue weighted by molar-refractivity contribution is 0.0917. The van der Waals surface area contributed by atoms with Crippen LogP contribution in [0.1, 0.15) is 33.6 Å². The second kappa shape index (κ2) is 6.39. The molecule has 112 valence electrons. The number of rotatable bonds is 5. The van der Waals surface area contributed by atoms with E-state index in [0.29, 0.717) is 35.8 Å². The van der Waals surface area contributed by atoms with Gasteiger partial charge in [0, 0.05) is 36.4 Å². The van der Waals surface area contributed by atoms with E-state index in [1.54, 1.807) is 42.7 Å². The Bertz CT molecular complexity index is 697. The molecule has 0 unspecified atom stereocenters. The first-order valence-corrected chi connectivity index (χ1v) is 7.10. The number of carbonyl (C=O) groups excluding carboxylic acids is 2. The lowest BCUT2D eigenvalue weighted by atomic mass is 10.0. The van der Waals surface area contributed by atoms with Crippen molar-refractivity contribution in [2.24, 2.45) is 0 Å². The van der Waals surface area contributed by atoms with Crippen molar-refractivity contribution in [2.45, 2.75) is 12.8 Å². The van der Waals surface area contributed by atoms with Crippen LogP contribution in [0.3, 0.4) is 0 Å². The molecule has 1 aromatic carbocycles. The highest BCUT2D eigenvalue weighted by Crippen LogP contribution is 2.31. The van der Waals surface area contributed by atoms with Crippen molar-refractivity contribution in [3.05, 3.63) is 53.9 Å². The zero-order valence-electron chi connectivity index (χ0n) is 12.0. The van der Waals surface area contributed by atoms with E-state index in [9.17, 15) is 9.59 Å². The molecule has 0 saturated heterocycles. The van der Waals surface area contributed by atoms with Crippen LogP contribution in [0.4, 0.5) is 0 Å². The molecule has 2 heterocycles. The summed E-state index contributed by atoms with van der Waals surface area (Å²) >= 11 is 0. The van der Waals surface area contributed by atoms with Crippen LogP contribution < -0.4 is 9.47 Å². The van der Waals surface area contributed by atoms with Gasteiger partial charge in [0.15, 0.2) is 23.1 Å². The number of aromatic nitrogens is 1. The monoisotopic (exact) mass is 297 g/mol. The molecule has 22 heavy (non-hydrogen) atoms. The standard InChI is InChI=1S/C17H15NO4/c19-14(12-5-7-18-8-6-12)2-3-15(20)13-1-4-16-17(11-13)22-10-9-21-16/h1,4-8,11H,2-3,9-10H2. The Morgan fingerprint density at radius 2 is 1.50 bits per heavy atom. The molecule has 3 rings (SSSR count). The first-order valence-electron chi connectivity index (χ1n) is 7.10. The number of fused-ring (bicyclic) bond motifs is 1. The number of hydrogen-bond acceptors (Lipinski definition) is 5. The maximum atomic E-state index is 12.2. The molecule has 5 nitrogen and oxygen atoms in total. The van der Waals surface area contributed by atoms with Gasteiger partial charge in [0.2, 0.25) is 0 Å². The molecule has 0 atom stereocenters. The molecule has 0 saturated carbocycles. The minimum atomic E-state index is -0.0839. The smallest absolute Gasteiger partial charge is 0.163 e. The summed E-state index contributed by atoms with van der Waals surface area (Å²) in [6.07, 6.45) is 3.48. The first kappa shape index (κ1) is 14.3. The summed E-state index contributed by atoms with van der Waals surface area (Å²) < 4.78 is 10.9. The average molecular weight is 297 g/mol. The molecule has 0 bridgehead atoms. The van der Waals surface area contributed by atoms with Gasteiger partial charge in [0.25, 0.3) is 0 Å². The van der Waals surface area contributed by atoms with Crippen LogP contribution in [0.5, 0.6) is 11.5 Å². The van der Waals surface area contributed by atoms with Gasteiger partial charge in [0.1, 0.15) is 13.2 Å². The molecule has 2 aromatic rings. The molecule has 1 aromatic heterocycles. The Morgan fingerprint density at radius 3 is 2.23 bits per heavy atom. The minimum Gasteiger partial charge on any atom is -0.486 e. The summed E-state index contributed by atoms with van der Waals surface area (Å²) in [6.45, 7) is 0.992. The van der Waals surface area contributed by atoms with E-state index in [0.717, 1.165) is 0 Å². The molecule has 5 heteroatoms. The van der Waals surface area contributed by atoms with Gasteiger partial charge in [-0.3, -0.25) is 14.6 Å². The zero-order valence-corrected chi connectivity index (χ0v) is 12.0. The molecule has 1 aliphatic heterocycles. The van der Waals surface area contributed by atoms with Crippen molar-refractivity contribution >= 4 is 11.6 Å². The van der Waals surface area contributed by atoms with E-state index in [2.05, 4.69) is 4.98 Å². The third-order valence-corrected chi connectivity index (χ3v) is 3.45. The van der Waals surface area contributed by atoms with Gasteiger partial charge in [-0.15, -0.1) is 0 Å². The van der Waals surface area contributed by atoms with Crippen LogP contribution in [-0.4, -0.2) is 29.8 Å². The Balaban J connectivity index is 1.64. The first-order chi connectivity index (χ1) is 10.7. The lowest BCUT2D eigenvalue weighted by Gasteiger charge is -2.18. The van der Waals surface area contributed by atoms with E-state index >= 15 is 0 Å². The van der Waals surface area contributed by atoms with Gasteiger partial charge in [-0.1, -0.05) is 0 Å². The van der Waals surface area contributed by atoms with Crippen LogP contribution in [0.2, 0.25) is 0 Å². The summed E-state index contributed by atoms with van der Waals surface area (Å²) in [5, 5.41) is 0. The predicted octanol–water partition coefficient (Wildman–Crippen LogP) is 2.70. The highest BCUT2D eigenvalue weighted by atomic mass is 16.6. The number of pyridine rings is 1. The van der Waals surface area contributed by atoms with Crippen molar-refractivity contribution in [1.29, 1.82) is 0 Å². The Hall–Kier alpha value is -2.69. The van der Waals surface area contributed by atoms with Gasteiger partial charge < -0.3 is 9.47 Å². The van der Waals surface area contributed by atoms with Gasteiger partial charge in [-0.2, -0.15) is 0 Å². The largest absolute Gasteiger partial charge is 0.486 e. The van der Waals surface area contributed by atoms with Crippen molar-refractivity contribution in [2.75, 3.05) is 13.2 Å². The Morgan fingerprint density at radius 1 is 0.864 bits per heavy atom. The number of Topliss-reactive ketones (excluding diaryl/α,β-unsaturated/α-hetero) is 2. The fourth-order valence-corrected chi connectivity index (χ4v) is 2.27. The van der Waals surface area contributed by atoms with Crippen molar-refractivity contribution in [3.8, 4) is 11.5 Å². The van der Waals surface area contributed by atoms with E-state index in [1.807, 2.05) is 0 Å². The highest BCUT2D eigenvalue weighted by molar-refractivity contribution is 6.02. The van der Waals surface area contributed by atoms with E-state index in [4.69, 9.17) is 9.47 Å². The summed E-state index contributed by atoms with van der Waals surface area (Å²) in [5.74, 6) is 1.08. The normalized spacial score (nSPS) is 12.7. The third kappa shape index (κ3) is 3.14.